The van der Waals surface area contributed by atoms with E-state index >= 15 is 0 Å². The van der Waals surface area contributed by atoms with Crippen LogP contribution in [0.3, 0.4) is 0 Å². The van der Waals surface area contributed by atoms with Crippen LogP contribution in [0.1, 0.15) is 25.3 Å². The molecule has 0 amide bonds. The van der Waals surface area contributed by atoms with Crippen LogP contribution in [-0.4, -0.2) is 14.5 Å². The molecule has 17 heavy (non-hydrogen) atoms. The number of rotatable bonds is 6. The summed E-state index contributed by atoms with van der Waals surface area (Å²) in [5.74, 6) is 0. The van der Waals surface area contributed by atoms with Gasteiger partial charge in [-0.3, -0.25) is 4.18 Å². The predicted octanol–water partition coefficient (Wildman–Crippen LogP) is 3.06. The van der Waals surface area contributed by atoms with Gasteiger partial charge in [0.05, 0.1) is 11.0 Å². The third-order valence-electron chi connectivity index (χ3n) is 2.46. The maximum absolute atomic E-state index is 11.9. The van der Waals surface area contributed by atoms with Gasteiger partial charge in [0.2, 0.25) is 0 Å². The fraction of sp³-hybridized carbons (Fsp3) is 0.385. The van der Waals surface area contributed by atoms with Crippen LogP contribution in [0.4, 0.5) is 0 Å². The lowest BCUT2D eigenvalue weighted by atomic mass is 10.2. The Kier molecular flexibility index (Phi) is 4.90. The standard InChI is InChI=1S/C13H18O3S/c1-4-6-12(5-2)16-17(14,15)13-9-7-11(3)8-10-13/h4,7-10,12H,1,5-6H2,2-3H3. The van der Waals surface area contributed by atoms with Gasteiger partial charge in [-0.15, -0.1) is 6.58 Å². The van der Waals surface area contributed by atoms with Crippen LogP contribution < -0.4 is 0 Å². The summed E-state index contributed by atoms with van der Waals surface area (Å²) in [5, 5.41) is 0. The van der Waals surface area contributed by atoms with Crippen molar-refractivity contribution in [1.29, 1.82) is 0 Å². The van der Waals surface area contributed by atoms with Gasteiger partial charge in [-0.05, 0) is 31.9 Å². The molecule has 0 saturated carbocycles. The predicted molar refractivity (Wildman–Crippen MR) is 68.3 cm³/mol. The molecule has 1 atom stereocenters. The molecule has 1 rings (SSSR count). The minimum atomic E-state index is -3.66. The summed E-state index contributed by atoms with van der Waals surface area (Å²) in [6.45, 7) is 7.38. The lowest BCUT2D eigenvalue weighted by Gasteiger charge is -2.13. The average Bonchev–Trinajstić information content (AvgIpc) is 2.28. The summed E-state index contributed by atoms with van der Waals surface area (Å²) >= 11 is 0. The number of benzene rings is 1. The van der Waals surface area contributed by atoms with E-state index in [1.54, 1.807) is 30.3 Å². The van der Waals surface area contributed by atoms with Gasteiger partial charge < -0.3 is 0 Å². The smallest absolute Gasteiger partial charge is 0.263 e. The quantitative estimate of drug-likeness (QED) is 0.579. The van der Waals surface area contributed by atoms with Crippen LogP contribution in [-0.2, 0) is 14.3 Å². The van der Waals surface area contributed by atoms with Gasteiger partial charge in [0.15, 0.2) is 0 Å². The topological polar surface area (TPSA) is 43.4 Å². The molecular formula is C13H18O3S. The number of hydrogen-bond donors (Lipinski definition) is 0. The Morgan fingerprint density at radius 2 is 1.94 bits per heavy atom. The summed E-state index contributed by atoms with van der Waals surface area (Å²) in [6, 6.07) is 6.63. The van der Waals surface area contributed by atoms with Crippen LogP contribution in [0.15, 0.2) is 41.8 Å². The lowest BCUT2D eigenvalue weighted by molar-refractivity contribution is 0.208. The number of aryl methyl sites for hydroxylation is 1. The first-order valence-corrected chi connectivity index (χ1v) is 7.01. The maximum Gasteiger partial charge on any atom is 0.297 e. The monoisotopic (exact) mass is 254 g/mol. The van der Waals surface area contributed by atoms with Gasteiger partial charge in [0.25, 0.3) is 10.1 Å². The van der Waals surface area contributed by atoms with E-state index in [1.165, 1.54) is 0 Å². The van der Waals surface area contributed by atoms with Crippen molar-refractivity contribution in [3.8, 4) is 0 Å². The Morgan fingerprint density at radius 1 is 1.35 bits per heavy atom. The van der Waals surface area contributed by atoms with Gasteiger partial charge in [-0.1, -0.05) is 30.7 Å². The Bertz CT molecular complexity index is 460. The molecule has 0 spiro atoms. The second kappa shape index (κ2) is 5.98. The van der Waals surface area contributed by atoms with Gasteiger partial charge in [0.1, 0.15) is 0 Å². The SMILES string of the molecule is C=CCC(CC)OS(=O)(=O)c1ccc(C)cc1. The van der Waals surface area contributed by atoms with Crippen LogP contribution in [0.5, 0.6) is 0 Å². The second-order valence-corrected chi connectivity index (χ2v) is 5.49. The van der Waals surface area contributed by atoms with Crippen molar-refractivity contribution in [2.75, 3.05) is 0 Å². The molecule has 0 saturated heterocycles. The molecule has 94 valence electrons. The van der Waals surface area contributed by atoms with E-state index in [1.807, 2.05) is 13.8 Å². The molecular weight excluding hydrogens is 236 g/mol. The first kappa shape index (κ1) is 13.9. The normalized spacial score (nSPS) is 13.3. The molecule has 0 aliphatic rings. The molecule has 1 unspecified atom stereocenters. The van der Waals surface area contributed by atoms with Gasteiger partial charge in [-0.2, -0.15) is 8.42 Å². The average molecular weight is 254 g/mol. The molecule has 0 radical (unpaired) electrons. The molecule has 0 bridgehead atoms. The van der Waals surface area contributed by atoms with E-state index in [0.29, 0.717) is 12.8 Å². The third-order valence-corrected chi connectivity index (χ3v) is 3.83. The summed E-state index contributed by atoms with van der Waals surface area (Å²) < 4.78 is 29.0. The van der Waals surface area contributed by atoms with Crippen molar-refractivity contribution in [1.82, 2.24) is 0 Å². The second-order valence-electron chi connectivity index (χ2n) is 3.92. The first-order chi connectivity index (χ1) is 7.99. The zero-order valence-electron chi connectivity index (χ0n) is 10.2. The molecule has 1 aromatic rings. The highest BCUT2D eigenvalue weighted by atomic mass is 32.2. The van der Waals surface area contributed by atoms with Crippen molar-refractivity contribution in [3.05, 3.63) is 42.5 Å². The summed E-state index contributed by atoms with van der Waals surface area (Å²) in [6.07, 6.45) is 2.50. The Balaban J connectivity index is 2.87. The highest BCUT2D eigenvalue weighted by Crippen LogP contribution is 2.17. The molecule has 0 aromatic heterocycles. The minimum absolute atomic E-state index is 0.200. The Labute approximate surface area is 103 Å². The van der Waals surface area contributed by atoms with Crippen LogP contribution in [0.2, 0.25) is 0 Å². The minimum Gasteiger partial charge on any atom is -0.263 e. The lowest BCUT2D eigenvalue weighted by Crippen LogP contribution is -2.17. The van der Waals surface area contributed by atoms with Crippen molar-refractivity contribution < 1.29 is 12.6 Å². The summed E-state index contributed by atoms with van der Waals surface area (Å²) in [4.78, 5) is 0.200. The molecule has 0 aliphatic heterocycles. The van der Waals surface area contributed by atoms with E-state index in [9.17, 15) is 8.42 Å². The highest BCUT2D eigenvalue weighted by molar-refractivity contribution is 7.86. The molecule has 0 aliphatic carbocycles. The molecule has 4 heteroatoms. The van der Waals surface area contributed by atoms with Crippen molar-refractivity contribution in [3.63, 3.8) is 0 Å². The molecule has 1 aromatic carbocycles. The number of hydrogen-bond acceptors (Lipinski definition) is 3. The van der Waals surface area contributed by atoms with E-state index in [2.05, 4.69) is 6.58 Å². The fourth-order valence-corrected chi connectivity index (χ4v) is 2.55. The van der Waals surface area contributed by atoms with E-state index < -0.39 is 10.1 Å². The third kappa shape index (κ3) is 3.98. The summed E-state index contributed by atoms with van der Waals surface area (Å²) in [5.41, 5.74) is 1.02. The largest absolute Gasteiger partial charge is 0.297 e. The Morgan fingerprint density at radius 3 is 2.41 bits per heavy atom. The molecule has 0 N–H and O–H groups in total. The van der Waals surface area contributed by atoms with E-state index in [0.717, 1.165) is 5.56 Å². The molecule has 3 nitrogen and oxygen atoms in total. The van der Waals surface area contributed by atoms with Crippen LogP contribution in [0, 0.1) is 6.92 Å². The fourth-order valence-electron chi connectivity index (χ4n) is 1.40. The Hall–Kier alpha value is -1.13. The summed E-state index contributed by atoms with van der Waals surface area (Å²) in [7, 11) is -3.66. The van der Waals surface area contributed by atoms with Gasteiger partial charge in [-0.25, -0.2) is 0 Å². The maximum atomic E-state index is 11.9. The van der Waals surface area contributed by atoms with Crippen molar-refractivity contribution >= 4 is 10.1 Å². The van der Waals surface area contributed by atoms with Gasteiger partial charge >= 0.3 is 0 Å². The first-order valence-electron chi connectivity index (χ1n) is 5.60. The van der Waals surface area contributed by atoms with Crippen molar-refractivity contribution in [2.24, 2.45) is 0 Å². The molecule has 0 heterocycles. The zero-order valence-corrected chi connectivity index (χ0v) is 11.0. The van der Waals surface area contributed by atoms with E-state index in [4.69, 9.17) is 4.18 Å². The molecule has 0 fully saturated rings. The van der Waals surface area contributed by atoms with Crippen LogP contribution >= 0.6 is 0 Å². The zero-order chi connectivity index (χ0) is 12.9. The van der Waals surface area contributed by atoms with Gasteiger partial charge in [0, 0.05) is 0 Å². The van der Waals surface area contributed by atoms with Crippen molar-refractivity contribution in [2.45, 2.75) is 37.7 Å². The highest BCUT2D eigenvalue weighted by Gasteiger charge is 2.19. The van der Waals surface area contributed by atoms with Crippen LogP contribution in [0.25, 0.3) is 0 Å². The van der Waals surface area contributed by atoms with E-state index in [-0.39, 0.29) is 11.0 Å².